The lowest BCUT2D eigenvalue weighted by atomic mass is 9.88. The highest BCUT2D eigenvalue weighted by Crippen LogP contribution is 2.22. The van der Waals surface area contributed by atoms with Gasteiger partial charge in [-0.05, 0) is 57.2 Å². The molecule has 3 heteroatoms. The Morgan fingerprint density at radius 1 is 1.19 bits per heavy atom. The number of anilines is 1. The zero-order valence-electron chi connectivity index (χ0n) is 13.9. The maximum atomic E-state index is 12.5. The van der Waals surface area contributed by atoms with Crippen molar-refractivity contribution in [2.45, 2.75) is 47.0 Å². The first-order chi connectivity index (χ1) is 9.99. The van der Waals surface area contributed by atoms with E-state index in [0.29, 0.717) is 31.3 Å². The molecule has 0 spiro atoms. The fourth-order valence-electron chi connectivity index (χ4n) is 2.70. The Morgan fingerprint density at radius 3 is 2.29 bits per heavy atom. The van der Waals surface area contributed by atoms with Crippen LogP contribution in [0, 0.1) is 18.8 Å². The summed E-state index contributed by atoms with van der Waals surface area (Å²) in [5.41, 5.74) is 7.88. The summed E-state index contributed by atoms with van der Waals surface area (Å²) in [5.74, 6) is 1.33. The van der Waals surface area contributed by atoms with Gasteiger partial charge >= 0.3 is 0 Å². The average Bonchev–Trinajstić information content (AvgIpc) is 2.46. The first-order valence-corrected chi connectivity index (χ1v) is 8.06. The van der Waals surface area contributed by atoms with Gasteiger partial charge in [0.2, 0.25) is 5.91 Å². The van der Waals surface area contributed by atoms with Gasteiger partial charge in [0.1, 0.15) is 0 Å². The summed E-state index contributed by atoms with van der Waals surface area (Å²) in [7, 11) is 0. The molecule has 21 heavy (non-hydrogen) atoms. The van der Waals surface area contributed by atoms with Crippen LogP contribution < -0.4 is 10.6 Å². The van der Waals surface area contributed by atoms with Crippen molar-refractivity contribution in [3.05, 3.63) is 29.8 Å². The van der Waals surface area contributed by atoms with Crippen LogP contribution in [-0.4, -0.2) is 19.0 Å². The number of rotatable bonds is 8. The highest BCUT2D eigenvalue weighted by atomic mass is 16.2. The highest BCUT2D eigenvalue weighted by Gasteiger charge is 2.18. The van der Waals surface area contributed by atoms with Crippen molar-refractivity contribution in [1.29, 1.82) is 0 Å². The number of aryl methyl sites for hydroxylation is 1. The van der Waals surface area contributed by atoms with E-state index >= 15 is 0 Å². The van der Waals surface area contributed by atoms with Crippen molar-refractivity contribution >= 4 is 11.6 Å². The average molecular weight is 290 g/mol. The Balaban J connectivity index is 2.65. The molecule has 0 saturated heterocycles. The molecule has 0 saturated carbocycles. The summed E-state index contributed by atoms with van der Waals surface area (Å²) in [5, 5.41) is 0. The number of hydrogen-bond acceptors (Lipinski definition) is 2. The van der Waals surface area contributed by atoms with Gasteiger partial charge in [-0.25, -0.2) is 0 Å². The lowest BCUT2D eigenvalue weighted by molar-refractivity contribution is -0.118. The molecule has 0 aliphatic heterocycles. The fraction of sp³-hybridized carbons (Fsp3) is 0.611. The van der Waals surface area contributed by atoms with E-state index in [9.17, 15) is 4.79 Å². The predicted molar refractivity (Wildman–Crippen MR) is 90.4 cm³/mol. The summed E-state index contributed by atoms with van der Waals surface area (Å²) in [6, 6.07) is 8.15. The molecule has 1 aromatic carbocycles. The second-order valence-corrected chi connectivity index (χ2v) is 6.09. The van der Waals surface area contributed by atoms with Crippen LogP contribution in [0.1, 0.15) is 45.6 Å². The number of carbonyl (C=O) groups is 1. The van der Waals surface area contributed by atoms with Gasteiger partial charge in [-0.1, -0.05) is 31.5 Å². The predicted octanol–water partition coefficient (Wildman–Crippen LogP) is 3.75. The maximum Gasteiger partial charge on any atom is 0.226 e. The second-order valence-electron chi connectivity index (χ2n) is 6.09. The van der Waals surface area contributed by atoms with E-state index in [-0.39, 0.29) is 5.91 Å². The molecule has 1 unspecified atom stereocenters. The van der Waals surface area contributed by atoms with Crippen molar-refractivity contribution in [2.75, 3.05) is 18.0 Å². The minimum Gasteiger partial charge on any atom is -0.330 e. The van der Waals surface area contributed by atoms with Crippen molar-refractivity contribution in [3.63, 3.8) is 0 Å². The first-order valence-electron chi connectivity index (χ1n) is 8.06. The van der Waals surface area contributed by atoms with Crippen LogP contribution in [0.4, 0.5) is 5.69 Å². The minimum absolute atomic E-state index is 0.212. The molecule has 0 aromatic heterocycles. The molecule has 2 N–H and O–H groups in total. The topological polar surface area (TPSA) is 46.3 Å². The summed E-state index contributed by atoms with van der Waals surface area (Å²) in [6.45, 7) is 9.92. The molecule has 0 aliphatic carbocycles. The van der Waals surface area contributed by atoms with Crippen LogP contribution in [0.5, 0.6) is 0 Å². The van der Waals surface area contributed by atoms with Crippen LogP contribution >= 0.6 is 0 Å². The van der Waals surface area contributed by atoms with E-state index in [4.69, 9.17) is 5.73 Å². The lowest BCUT2D eigenvalue weighted by Crippen LogP contribution is -2.31. The van der Waals surface area contributed by atoms with Gasteiger partial charge in [0, 0.05) is 18.7 Å². The van der Waals surface area contributed by atoms with Crippen molar-refractivity contribution < 1.29 is 4.79 Å². The Bertz CT molecular complexity index is 425. The SMILES string of the molecule is CCN(C(=O)CCC(CCN)C(C)C)c1ccc(C)cc1. The molecule has 1 rings (SSSR count). The molecule has 0 aliphatic rings. The summed E-state index contributed by atoms with van der Waals surface area (Å²) in [4.78, 5) is 14.4. The molecular formula is C18H30N2O. The third kappa shape index (κ3) is 5.50. The van der Waals surface area contributed by atoms with Crippen LogP contribution in [0.3, 0.4) is 0 Å². The zero-order valence-corrected chi connectivity index (χ0v) is 13.9. The number of nitrogens with two attached hydrogens (primary N) is 1. The van der Waals surface area contributed by atoms with E-state index in [1.165, 1.54) is 5.56 Å². The second kappa shape index (κ2) is 8.83. The molecular weight excluding hydrogens is 260 g/mol. The van der Waals surface area contributed by atoms with E-state index < -0.39 is 0 Å². The van der Waals surface area contributed by atoms with E-state index in [0.717, 1.165) is 18.5 Å². The number of hydrogen-bond donors (Lipinski definition) is 1. The smallest absolute Gasteiger partial charge is 0.226 e. The number of carbonyl (C=O) groups excluding carboxylic acids is 1. The molecule has 0 radical (unpaired) electrons. The van der Waals surface area contributed by atoms with Crippen molar-refractivity contribution in [1.82, 2.24) is 0 Å². The van der Waals surface area contributed by atoms with E-state index in [2.05, 4.69) is 32.9 Å². The largest absolute Gasteiger partial charge is 0.330 e. The van der Waals surface area contributed by atoms with Crippen LogP contribution in [-0.2, 0) is 4.79 Å². The van der Waals surface area contributed by atoms with E-state index in [1.807, 2.05) is 24.0 Å². The van der Waals surface area contributed by atoms with Crippen molar-refractivity contribution in [2.24, 2.45) is 17.6 Å². The summed E-state index contributed by atoms with van der Waals surface area (Å²) < 4.78 is 0. The van der Waals surface area contributed by atoms with Crippen molar-refractivity contribution in [3.8, 4) is 0 Å². The third-order valence-electron chi connectivity index (χ3n) is 4.17. The van der Waals surface area contributed by atoms with Crippen LogP contribution in [0.15, 0.2) is 24.3 Å². The maximum absolute atomic E-state index is 12.5. The van der Waals surface area contributed by atoms with E-state index in [1.54, 1.807) is 0 Å². The van der Waals surface area contributed by atoms with Gasteiger partial charge in [0.15, 0.2) is 0 Å². The summed E-state index contributed by atoms with van der Waals surface area (Å²) >= 11 is 0. The first kappa shape index (κ1) is 17.7. The molecule has 3 nitrogen and oxygen atoms in total. The zero-order chi connectivity index (χ0) is 15.8. The number of nitrogens with zero attached hydrogens (tertiary/aromatic N) is 1. The van der Waals surface area contributed by atoms with Gasteiger partial charge < -0.3 is 10.6 Å². The molecule has 0 fully saturated rings. The normalized spacial score (nSPS) is 12.5. The highest BCUT2D eigenvalue weighted by molar-refractivity contribution is 5.93. The lowest BCUT2D eigenvalue weighted by Gasteiger charge is -2.24. The summed E-state index contributed by atoms with van der Waals surface area (Å²) in [6.07, 6.45) is 2.53. The molecule has 118 valence electrons. The quantitative estimate of drug-likeness (QED) is 0.792. The molecule has 0 heterocycles. The molecule has 0 bridgehead atoms. The van der Waals surface area contributed by atoms with Crippen LogP contribution in [0.25, 0.3) is 0 Å². The van der Waals surface area contributed by atoms with Gasteiger partial charge in [-0.2, -0.15) is 0 Å². The number of amides is 1. The van der Waals surface area contributed by atoms with Gasteiger partial charge in [0.25, 0.3) is 0 Å². The molecule has 1 aromatic rings. The molecule has 1 amide bonds. The Morgan fingerprint density at radius 2 is 1.81 bits per heavy atom. The fourth-order valence-corrected chi connectivity index (χ4v) is 2.70. The van der Waals surface area contributed by atoms with Gasteiger partial charge in [0.05, 0.1) is 0 Å². The molecule has 1 atom stereocenters. The third-order valence-corrected chi connectivity index (χ3v) is 4.17. The number of benzene rings is 1. The standard InChI is InChI=1S/C18H30N2O/c1-5-20(17-9-6-15(4)7-10-17)18(21)11-8-16(12-13-19)14(2)3/h6-7,9-10,14,16H,5,8,11-13,19H2,1-4H3. The van der Waals surface area contributed by atoms with Crippen LogP contribution in [0.2, 0.25) is 0 Å². The monoisotopic (exact) mass is 290 g/mol. The Hall–Kier alpha value is -1.35. The minimum atomic E-state index is 0.212. The van der Waals surface area contributed by atoms with Gasteiger partial charge in [-0.15, -0.1) is 0 Å². The Kier molecular flexibility index (Phi) is 7.44. The van der Waals surface area contributed by atoms with Gasteiger partial charge in [-0.3, -0.25) is 4.79 Å². The Labute approximate surface area is 129 Å².